The van der Waals surface area contributed by atoms with E-state index in [1.165, 1.54) is 0 Å². The largest absolute Gasteiger partial charge is 0.504 e. The lowest BCUT2D eigenvalue weighted by Gasteiger charge is -2.59. The van der Waals surface area contributed by atoms with Gasteiger partial charge in [-0.2, -0.15) is 5.26 Å². The molecule has 2 bridgehead atoms. The molecule has 5 aliphatic rings. The van der Waals surface area contributed by atoms with Gasteiger partial charge in [-0.05, 0) is 44.9 Å². The second-order valence-electron chi connectivity index (χ2n) is 9.91. The van der Waals surface area contributed by atoms with Gasteiger partial charge in [0.25, 0.3) is 0 Å². The lowest BCUT2D eigenvalue weighted by atomic mass is 9.70. The Hall–Kier alpha value is -3.15. The van der Waals surface area contributed by atoms with Crippen LogP contribution in [0.3, 0.4) is 0 Å². The van der Waals surface area contributed by atoms with E-state index in [1.807, 2.05) is 14.0 Å². The van der Waals surface area contributed by atoms with E-state index in [0.29, 0.717) is 36.5 Å². The molecule has 3 unspecified atom stereocenters. The summed E-state index contributed by atoms with van der Waals surface area (Å²) in [6.45, 7) is 4.22. The Morgan fingerprint density at radius 3 is 2.65 bits per heavy atom. The fourth-order valence-electron chi connectivity index (χ4n) is 7.15. The Kier molecular flexibility index (Phi) is 4.51. The fraction of sp³-hybridized carbons (Fsp3) is 0.500. The fourth-order valence-corrected chi connectivity index (χ4v) is 7.15. The molecule has 1 fully saturated rings. The first-order chi connectivity index (χ1) is 16.3. The molecule has 34 heavy (non-hydrogen) atoms. The zero-order valence-electron chi connectivity index (χ0n) is 20.0. The molecule has 0 amide bonds. The predicted octanol–water partition coefficient (Wildman–Crippen LogP) is 2.21. The number of piperazine rings is 1. The van der Waals surface area contributed by atoms with E-state index in [-0.39, 0.29) is 41.7 Å². The standard InChI is InChI=1S/C26H28N4O4/c1-11-6-13-7-15-17(9-27)30-16(22(29(15)3)19(13)24(32)25(11)33-4)8-14-20-18(30)10-28-21(20)26(34-5)12(2)23(14)31/h6,15-18,22,32H,7-8,10H2,1-5H3/t15?,16?,17-,18?,22-/m0/s1. The summed E-state index contributed by atoms with van der Waals surface area (Å²) in [6.07, 6.45) is 1.16. The molecule has 0 saturated carbocycles. The number of ether oxygens (including phenoxy) is 2. The highest BCUT2D eigenvalue weighted by atomic mass is 16.5. The van der Waals surface area contributed by atoms with Crippen LogP contribution in [-0.4, -0.2) is 78.4 Å². The third kappa shape index (κ3) is 2.44. The molecule has 8 heteroatoms. The van der Waals surface area contributed by atoms with Crippen molar-refractivity contribution >= 4 is 11.5 Å². The molecule has 1 aromatic rings. The first-order valence-corrected chi connectivity index (χ1v) is 11.7. The lowest BCUT2D eigenvalue weighted by Crippen LogP contribution is -2.70. The van der Waals surface area contributed by atoms with Crippen LogP contribution < -0.4 is 4.74 Å². The van der Waals surface area contributed by atoms with Gasteiger partial charge in [-0.15, -0.1) is 0 Å². The Bertz CT molecular complexity index is 1290. The maximum atomic E-state index is 13.5. The number of methoxy groups -OCH3 is 2. The monoisotopic (exact) mass is 460 g/mol. The zero-order valence-corrected chi connectivity index (χ0v) is 20.0. The van der Waals surface area contributed by atoms with Crippen molar-refractivity contribution in [2.45, 2.75) is 56.9 Å². The van der Waals surface area contributed by atoms with Gasteiger partial charge in [0.05, 0.1) is 38.9 Å². The summed E-state index contributed by atoms with van der Waals surface area (Å²) in [4.78, 5) is 22.8. The SMILES string of the molecule is COC1=C(C)C(=O)C2=C3C1=NCC3N1C(C2)[C@H]2c3c(cc(C)c(OC)c3O)CC([C@@H]1C#N)N2C. The number of fused-ring (bicyclic) bond motifs is 7. The molecule has 4 heterocycles. The number of Topliss-reactive ketones (excluding diaryl/α,β-unsaturated/α-hetero) is 1. The van der Waals surface area contributed by atoms with E-state index < -0.39 is 0 Å². The number of aryl methyl sites for hydroxylation is 1. The van der Waals surface area contributed by atoms with Gasteiger partial charge in [-0.25, -0.2) is 0 Å². The predicted molar refractivity (Wildman–Crippen MR) is 125 cm³/mol. The second kappa shape index (κ2) is 7.17. The highest BCUT2D eigenvalue weighted by Gasteiger charge is 2.58. The van der Waals surface area contributed by atoms with Crippen LogP contribution in [0.25, 0.3) is 0 Å². The molecule has 1 N–H and O–H groups in total. The number of benzene rings is 1. The highest BCUT2D eigenvalue weighted by Crippen LogP contribution is 2.54. The molecule has 1 saturated heterocycles. The second-order valence-corrected chi connectivity index (χ2v) is 9.91. The van der Waals surface area contributed by atoms with Crippen molar-refractivity contribution in [2.75, 3.05) is 27.8 Å². The summed E-state index contributed by atoms with van der Waals surface area (Å²) in [5.74, 6) is 1.20. The van der Waals surface area contributed by atoms with Crippen molar-refractivity contribution in [2.24, 2.45) is 4.99 Å². The van der Waals surface area contributed by atoms with Gasteiger partial charge in [0.1, 0.15) is 11.8 Å². The molecule has 1 aliphatic carbocycles. The summed E-state index contributed by atoms with van der Waals surface area (Å²) in [5.41, 5.74) is 5.83. The minimum atomic E-state index is -0.356. The minimum Gasteiger partial charge on any atom is -0.504 e. The molecular formula is C26H28N4O4. The lowest BCUT2D eigenvalue weighted by molar-refractivity contribution is -0.114. The molecule has 4 aliphatic heterocycles. The topological polar surface area (TPSA) is 98.4 Å². The van der Waals surface area contributed by atoms with Crippen molar-refractivity contribution in [3.05, 3.63) is 45.2 Å². The number of nitrogens with zero attached hydrogens (tertiary/aromatic N) is 4. The number of likely N-dealkylation sites (N-methyl/N-ethyl adjacent to an activating group) is 1. The molecule has 176 valence electrons. The zero-order chi connectivity index (χ0) is 24.0. The van der Waals surface area contributed by atoms with E-state index in [9.17, 15) is 15.2 Å². The Balaban J connectivity index is 1.55. The molecular weight excluding hydrogens is 432 g/mol. The van der Waals surface area contributed by atoms with Crippen molar-refractivity contribution in [3.8, 4) is 17.6 Å². The number of phenolic OH excluding ortho intramolecular Hbond substituents is 1. The number of phenols is 1. The number of aromatic hydroxyl groups is 1. The van der Waals surface area contributed by atoms with Crippen LogP contribution in [0.5, 0.6) is 11.5 Å². The first kappa shape index (κ1) is 21.4. The number of hydrogen-bond donors (Lipinski definition) is 1. The molecule has 5 atom stereocenters. The van der Waals surface area contributed by atoms with Crippen molar-refractivity contribution < 1.29 is 19.4 Å². The normalized spacial score (nSPS) is 32.1. The van der Waals surface area contributed by atoms with Gasteiger partial charge in [0.15, 0.2) is 23.0 Å². The van der Waals surface area contributed by atoms with Crippen molar-refractivity contribution in [1.29, 1.82) is 5.26 Å². The summed E-state index contributed by atoms with van der Waals surface area (Å²) >= 11 is 0. The third-order valence-corrected chi connectivity index (χ3v) is 8.50. The van der Waals surface area contributed by atoms with Gasteiger partial charge in [-0.1, -0.05) is 6.07 Å². The van der Waals surface area contributed by atoms with Gasteiger partial charge >= 0.3 is 0 Å². The van der Waals surface area contributed by atoms with Crippen LogP contribution in [-0.2, 0) is 16.0 Å². The maximum absolute atomic E-state index is 13.5. The van der Waals surface area contributed by atoms with Crippen LogP contribution >= 0.6 is 0 Å². The molecule has 8 nitrogen and oxygen atoms in total. The Morgan fingerprint density at radius 2 is 1.97 bits per heavy atom. The molecule has 0 radical (unpaired) electrons. The van der Waals surface area contributed by atoms with Gasteiger partial charge < -0.3 is 14.6 Å². The Morgan fingerprint density at radius 1 is 1.21 bits per heavy atom. The number of carbonyl (C=O) groups is 1. The molecule has 6 rings (SSSR count). The van der Waals surface area contributed by atoms with Crippen molar-refractivity contribution in [3.63, 3.8) is 0 Å². The number of nitriles is 1. The van der Waals surface area contributed by atoms with E-state index in [0.717, 1.165) is 33.5 Å². The van der Waals surface area contributed by atoms with E-state index >= 15 is 0 Å². The molecule has 0 spiro atoms. The smallest absolute Gasteiger partial charge is 0.188 e. The number of carbonyl (C=O) groups excluding carboxylic acids is 1. The summed E-state index contributed by atoms with van der Waals surface area (Å²) in [5, 5.41) is 21.7. The maximum Gasteiger partial charge on any atom is 0.188 e. The van der Waals surface area contributed by atoms with Crippen molar-refractivity contribution in [1.82, 2.24) is 9.80 Å². The minimum absolute atomic E-state index is 0.00243. The average molecular weight is 461 g/mol. The first-order valence-electron chi connectivity index (χ1n) is 11.7. The van der Waals surface area contributed by atoms with Crippen LogP contribution in [0.1, 0.15) is 36.1 Å². The summed E-state index contributed by atoms with van der Waals surface area (Å²) in [6, 6.07) is 3.81. The number of aliphatic imine (C=N–C) groups is 1. The third-order valence-electron chi connectivity index (χ3n) is 8.50. The Labute approximate surface area is 198 Å². The number of rotatable bonds is 2. The number of hydrogen-bond acceptors (Lipinski definition) is 8. The van der Waals surface area contributed by atoms with E-state index in [1.54, 1.807) is 21.1 Å². The summed E-state index contributed by atoms with van der Waals surface area (Å²) in [7, 11) is 5.18. The summed E-state index contributed by atoms with van der Waals surface area (Å²) < 4.78 is 11.1. The van der Waals surface area contributed by atoms with Gasteiger partial charge in [0.2, 0.25) is 0 Å². The average Bonchev–Trinajstić information content (AvgIpc) is 3.24. The van der Waals surface area contributed by atoms with E-state index in [2.05, 4.69) is 21.9 Å². The van der Waals surface area contributed by atoms with Gasteiger partial charge in [-0.3, -0.25) is 19.6 Å². The quantitative estimate of drug-likeness (QED) is 0.676. The van der Waals surface area contributed by atoms with Gasteiger partial charge in [0, 0.05) is 34.4 Å². The molecule has 1 aromatic carbocycles. The van der Waals surface area contributed by atoms with Crippen LogP contribution in [0.15, 0.2) is 33.5 Å². The highest BCUT2D eigenvalue weighted by molar-refractivity contribution is 6.27. The van der Waals surface area contributed by atoms with Crippen LogP contribution in [0.2, 0.25) is 0 Å². The van der Waals surface area contributed by atoms with Crippen LogP contribution in [0, 0.1) is 18.3 Å². The van der Waals surface area contributed by atoms with Crippen LogP contribution in [0.4, 0.5) is 0 Å². The number of allylic oxidation sites excluding steroid dienone is 2. The molecule has 0 aromatic heterocycles. The number of ketones is 1. The van der Waals surface area contributed by atoms with E-state index in [4.69, 9.17) is 14.5 Å².